The summed E-state index contributed by atoms with van der Waals surface area (Å²) in [6, 6.07) is 12.5. The molecular formula is C19H17BN4O4S. The largest absolute Gasteiger partial charge is 0.484 e. The molecule has 1 aliphatic heterocycles. The van der Waals surface area contributed by atoms with Crippen molar-refractivity contribution in [1.29, 1.82) is 0 Å². The number of carbonyl (C=O) groups is 1. The minimum absolute atomic E-state index is 0.0508. The Hall–Kier alpha value is -3.24. The van der Waals surface area contributed by atoms with Crippen LogP contribution in [0, 0.1) is 0 Å². The second-order valence-corrected chi connectivity index (χ2v) is 8.58. The van der Waals surface area contributed by atoms with Gasteiger partial charge in [-0.15, -0.1) is 0 Å². The zero-order valence-corrected chi connectivity index (χ0v) is 16.3. The molecule has 3 aromatic rings. The van der Waals surface area contributed by atoms with Crippen LogP contribution < -0.4 is 10.8 Å². The zero-order valence-electron chi connectivity index (χ0n) is 15.5. The predicted molar refractivity (Wildman–Crippen MR) is 112 cm³/mol. The van der Waals surface area contributed by atoms with Crippen molar-refractivity contribution >= 4 is 51.1 Å². The van der Waals surface area contributed by atoms with Gasteiger partial charge in [-0.1, -0.05) is 24.3 Å². The molecule has 29 heavy (non-hydrogen) atoms. The third kappa shape index (κ3) is 3.85. The van der Waals surface area contributed by atoms with Crippen LogP contribution in [-0.4, -0.2) is 48.2 Å². The third-order valence-electron chi connectivity index (χ3n) is 4.63. The van der Waals surface area contributed by atoms with Crippen LogP contribution in [0.15, 0.2) is 60.0 Å². The summed E-state index contributed by atoms with van der Waals surface area (Å²) < 4.78 is 24.1. The van der Waals surface area contributed by atoms with Gasteiger partial charge in [-0.25, -0.2) is 12.7 Å². The molecule has 0 atom stereocenters. The molecular weight excluding hydrogens is 391 g/mol. The summed E-state index contributed by atoms with van der Waals surface area (Å²) in [7, 11) is -5.14. The number of carbonyl (C=O) groups excluding carboxylic acids is 1. The minimum atomic E-state index is -3.71. The van der Waals surface area contributed by atoms with E-state index in [9.17, 15) is 18.2 Å². The first-order valence-corrected chi connectivity index (χ1v) is 10.6. The maximum absolute atomic E-state index is 12.6. The van der Waals surface area contributed by atoms with Crippen LogP contribution in [0.4, 0.5) is 5.69 Å². The van der Waals surface area contributed by atoms with E-state index in [1.165, 1.54) is 6.21 Å². The highest BCUT2D eigenvalue weighted by Gasteiger charge is 2.35. The van der Waals surface area contributed by atoms with E-state index in [-0.39, 0.29) is 12.3 Å². The molecule has 0 saturated heterocycles. The number of rotatable bonds is 4. The number of anilines is 1. The lowest BCUT2D eigenvalue weighted by molar-refractivity contribution is -0.115. The Morgan fingerprint density at radius 2 is 2.03 bits per heavy atom. The minimum Gasteiger partial charge on any atom is -0.427 e. The predicted octanol–water partition coefficient (Wildman–Crippen LogP) is 0.713. The van der Waals surface area contributed by atoms with E-state index in [1.54, 1.807) is 36.7 Å². The fourth-order valence-corrected chi connectivity index (χ4v) is 3.97. The van der Waals surface area contributed by atoms with Crippen LogP contribution in [0.1, 0.15) is 11.1 Å². The van der Waals surface area contributed by atoms with Gasteiger partial charge in [0.05, 0.1) is 18.9 Å². The molecule has 1 aromatic heterocycles. The standard InChI is InChI=1S/C19H17BN4O4S/c1-29(27,28)24-20(26)18-4-2-3-14(17(18)12-22-24)10-19(25)23-16-6-5-15-11-21-8-7-13(15)9-16/h2-9,11-12,26H,10H2,1H3,(H,23,25). The maximum Gasteiger partial charge on any atom is 0.484 e. The molecule has 2 N–H and O–H groups in total. The molecule has 0 unspecified atom stereocenters. The van der Waals surface area contributed by atoms with Crippen molar-refractivity contribution in [2.45, 2.75) is 6.42 Å². The lowest BCUT2D eigenvalue weighted by Gasteiger charge is -2.25. The number of amides is 1. The summed E-state index contributed by atoms with van der Waals surface area (Å²) in [5, 5.41) is 19.0. The molecule has 0 fully saturated rings. The van der Waals surface area contributed by atoms with Gasteiger partial charge < -0.3 is 10.3 Å². The van der Waals surface area contributed by atoms with Crippen molar-refractivity contribution in [2.24, 2.45) is 5.10 Å². The SMILES string of the molecule is CS(=O)(=O)N1N=Cc2c(CC(=O)Nc3ccc4cnccc4c3)cccc2B1O. The third-order valence-corrected chi connectivity index (χ3v) is 5.61. The van der Waals surface area contributed by atoms with Crippen molar-refractivity contribution in [1.82, 2.24) is 9.31 Å². The number of sulfonamides is 1. The number of nitrogens with zero attached hydrogens (tertiary/aromatic N) is 3. The first-order valence-electron chi connectivity index (χ1n) is 8.80. The van der Waals surface area contributed by atoms with Crippen LogP contribution in [0.5, 0.6) is 0 Å². The summed E-state index contributed by atoms with van der Waals surface area (Å²) in [6.07, 6.45) is 5.82. The Morgan fingerprint density at radius 3 is 2.83 bits per heavy atom. The molecule has 0 saturated carbocycles. The molecule has 2 heterocycles. The van der Waals surface area contributed by atoms with Crippen LogP contribution in [0.3, 0.4) is 0 Å². The van der Waals surface area contributed by atoms with Gasteiger partial charge >= 0.3 is 7.05 Å². The number of fused-ring (bicyclic) bond motifs is 2. The van der Waals surface area contributed by atoms with Crippen molar-refractivity contribution in [3.63, 3.8) is 0 Å². The first-order chi connectivity index (χ1) is 13.8. The molecule has 4 rings (SSSR count). The van der Waals surface area contributed by atoms with Gasteiger partial charge in [-0.05, 0) is 40.2 Å². The molecule has 10 heteroatoms. The molecule has 0 spiro atoms. The van der Waals surface area contributed by atoms with Crippen LogP contribution in [-0.2, 0) is 21.2 Å². The van der Waals surface area contributed by atoms with E-state index in [0.717, 1.165) is 17.0 Å². The number of nitrogens with one attached hydrogen (secondary N) is 1. The molecule has 0 radical (unpaired) electrons. The Morgan fingerprint density at radius 1 is 1.21 bits per heavy atom. The number of benzene rings is 2. The molecule has 8 nitrogen and oxygen atoms in total. The number of hydrogen-bond donors (Lipinski definition) is 2. The Bertz CT molecular complexity index is 1250. The Labute approximate surface area is 168 Å². The van der Waals surface area contributed by atoms with Gasteiger partial charge in [-0.3, -0.25) is 9.78 Å². The van der Waals surface area contributed by atoms with Gasteiger partial charge in [0.2, 0.25) is 15.9 Å². The summed E-state index contributed by atoms with van der Waals surface area (Å²) >= 11 is 0. The highest BCUT2D eigenvalue weighted by molar-refractivity contribution is 7.89. The molecule has 2 aromatic carbocycles. The lowest BCUT2D eigenvalue weighted by atomic mass is 9.70. The van der Waals surface area contributed by atoms with Crippen molar-refractivity contribution in [3.8, 4) is 0 Å². The summed E-state index contributed by atoms with van der Waals surface area (Å²) in [4.78, 5) is 16.6. The molecule has 1 amide bonds. The van der Waals surface area contributed by atoms with Gasteiger partial charge in [0.15, 0.2) is 0 Å². The fraction of sp³-hybridized carbons (Fsp3) is 0.105. The molecule has 0 bridgehead atoms. The highest BCUT2D eigenvalue weighted by atomic mass is 32.2. The number of aromatic nitrogens is 1. The number of pyridine rings is 1. The molecule has 0 aliphatic carbocycles. The quantitative estimate of drug-likeness (QED) is 0.618. The van der Waals surface area contributed by atoms with Gasteiger partial charge in [0, 0.05) is 23.5 Å². The van der Waals surface area contributed by atoms with Crippen LogP contribution in [0.25, 0.3) is 10.8 Å². The van der Waals surface area contributed by atoms with Crippen LogP contribution in [0.2, 0.25) is 0 Å². The van der Waals surface area contributed by atoms with Gasteiger partial charge in [0.25, 0.3) is 0 Å². The topological polar surface area (TPSA) is 112 Å². The van der Waals surface area contributed by atoms with Crippen molar-refractivity contribution < 1.29 is 18.2 Å². The fourth-order valence-electron chi connectivity index (χ4n) is 3.27. The summed E-state index contributed by atoms with van der Waals surface area (Å²) in [6.45, 7) is 0. The number of hydrazone groups is 1. The second kappa shape index (κ2) is 7.30. The van der Waals surface area contributed by atoms with Crippen molar-refractivity contribution in [3.05, 3.63) is 66.0 Å². The van der Waals surface area contributed by atoms with E-state index in [4.69, 9.17) is 0 Å². The maximum atomic E-state index is 12.6. The van der Waals surface area contributed by atoms with Gasteiger partial charge in [-0.2, -0.15) is 5.10 Å². The monoisotopic (exact) mass is 408 g/mol. The lowest BCUT2D eigenvalue weighted by Crippen LogP contribution is -2.52. The van der Waals surface area contributed by atoms with E-state index < -0.39 is 17.1 Å². The van der Waals surface area contributed by atoms with E-state index in [2.05, 4.69) is 15.4 Å². The van der Waals surface area contributed by atoms with Gasteiger partial charge in [0.1, 0.15) is 0 Å². The smallest absolute Gasteiger partial charge is 0.427 e. The van der Waals surface area contributed by atoms with Crippen LogP contribution >= 0.6 is 0 Å². The highest BCUT2D eigenvalue weighted by Crippen LogP contribution is 2.19. The average molecular weight is 408 g/mol. The molecule has 1 aliphatic rings. The van der Waals surface area contributed by atoms with E-state index in [1.807, 2.05) is 18.2 Å². The average Bonchev–Trinajstić information content (AvgIpc) is 2.67. The normalized spacial score (nSPS) is 13.4. The Balaban J connectivity index is 1.56. The second-order valence-electron chi connectivity index (χ2n) is 6.74. The summed E-state index contributed by atoms with van der Waals surface area (Å²) in [5.74, 6) is -0.236. The van der Waals surface area contributed by atoms with Crippen molar-refractivity contribution in [2.75, 3.05) is 11.6 Å². The van der Waals surface area contributed by atoms with E-state index >= 15 is 0 Å². The van der Waals surface area contributed by atoms with E-state index in [0.29, 0.717) is 26.6 Å². The number of hydrogen-bond acceptors (Lipinski definition) is 6. The Kier molecular flexibility index (Phi) is 4.81. The zero-order chi connectivity index (χ0) is 20.6. The summed E-state index contributed by atoms with van der Waals surface area (Å²) in [5.41, 5.74) is 2.23. The first kappa shape index (κ1) is 19.1. The molecule has 146 valence electrons.